The molecule has 2 aromatic rings. The van der Waals surface area contributed by atoms with Crippen LogP contribution in [0.1, 0.15) is 29.4 Å². The third kappa shape index (κ3) is 3.27. The summed E-state index contributed by atoms with van der Waals surface area (Å²) in [5.41, 5.74) is 3.97. The molecule has 0 spiro atoms. The molecule has 2 rings (SSSR count). The maximum Gasteiger partial charge on any atom is 0.0991 e. The first kappa shape index (κ1) is 14.8. The van der Waals surface area contributed by atoms with Gasteiger partial charge in [0.1, 0.15) is 0 Å². The summed E-state index contributed by atoms with van der Waals surface area (Å²) in [5.74, 6) is 0. The molecule has 104 valence electrons. The predicted octanol–water partition coefficient (Wildman–Crippen LogP) is 3.14. The van der Waals surface area contributed by atoms with Gasteiger partial charge in [0.25, 0.3) is 0 Å². The first-order chi connectivity index (χ1) is 9.65. The lowest BCUT2D eigenvalue weighted by atomic mass is 10.1. The van der Waals surface area contributed by atoms with E-state index in [0.717, 1.165) is 41.1 Å². The molecule has 0 fully saturated rings. The van der Waals surface area contributed by atoms with E-state index in [0.29, 0.717) is 5.56 Å². The lowest BCUT2D eigenvalue weighted by Crippen LogP contribution is -2.16. The van der Waals surface area contributed by atoms with Crippen LogP contribution in [-0.2, 0) is 19.6 Å². The Labute approximate surface area is 127 Å². The smallest absolute Gasteiger partial charge is 0.0991 e. The number of nitrogens with one attached hydrogen (secondary N) is 1. The maximum absolute atomic E-state index is 8.88. The number of hydrogen-bond donors (Lipinski definition) is 1. The molecule has 0 radical (unpaired) electrons. The second kappa shape index (κ2) is 6.69. The molecule has 4 nitrogen and oxygen atoms in total. The van der Waals surface area contributed by atoms with Crippen LogP contribution in [0.15, 0.2) is 28.7 Å². The molecule has 0 unspecified atom stereocenters. The Balaban J connectivity index is 2.01. The molecule has 0 saturated carbocycles. The molecular weight excluding hydrogens is 316 g/mol. The SMILES string of the molecule is CCn1nc(C)c(Br)c1CNCc1cccc(C#N)c1. The minimum absolute atomic E-state index is 0.694. The molecule has 0 aliphatic heterocycles. The van der Waals surface area contributed by atoms with Gasteiger partial charge in [0, 0.05) is 19.6 Å². The Morgan fingerprint density at radius 3 is 2.90 bits per heavy atom. The highest BCUT2D eigenvalue weighted by Gasteiger charge is 2.11. The second-order valence-corrected chi connectivity index (χ2v) is 5.37. The number of benzene rings is 1. The molecule has 1 N–H and O–H groups in total. The summed E-state index contributed by atoms with van der Waals surface area (Å²) in [4.78, 5) is 0. The Morgan fingerprint density at radius 2 is 2.20 bits per heavy atom. The zero-order chi connectivity index (χ0) is 14.5. The van der Waals surface area contributed by atoms with Crippen molar-refractivity contribution in [3.8, 4) is 6.07 Å². The number of nitriles is 1. The highest BCUT2D eigenvalue weighted by molar-refractivity contribution is 9.10. The monoisotopic (exact) mass is 332 g/mol. The van der Waals surface area contributed by atoms with Crippen LogP contribution < -0.4 is 5.32 Å². The topological polar surface area (TPSA) is 53.6 Å². The average molecular weight is 333 g/mol. The fourth-order valence-electron chi connectivity index (χ4n) is 2.11. The lowest BCUT2D eigenvalue weighted by molar-refractivity contribution is 0.578. The molecule has 0 amide bonds. The van der Waals surface area contributed by atoms with E-state index in [1.165, 1.54) is 0 Å². The largest absolute Gasteiger partial charge is 0.307 e. The summed E-state index contributed by atoms with van der Waals surface area (Å²) in [5, 5.41) is 16.8. The molecule has 1 heterocycles. The maximum atomic E-state index is 8.88. The summed E-state index contributed by atoms with van der Waals surface area (Å²) in [7, 11) is 0. The van der Waals surface area contributed by atoms with Crippen molar-refractivity contribution in [3.63, 3.8) is 0 Å². The highest BCUT2D eigenvalue weighted by Crippen LogP contribution is 2.20. The number of rotatable bonds is 5. The number of halogens is 1. The van der Waals surface area contributed by atoms with Crippen molar-refractivity contribution < 1.29 is 0 Å². The minimum Gasteiger partial charge on any atom is -0.307 e. The van der Waals surface area contributed by atoms with Crippen molar-refractivity contribution in [3.05, 3.63) is 51.3 Å². The number of aromatic nitrogens is 2. The summed E-state index contributed by atoms with van der Waals surface area (Å²) in [6.45, 7) is 6.41. The molecule has 0 aliphatic carbocycles. The number of nitrogens with zero attached hydrogens (tertiary/aromatic N) is 3. The van der Waals surface area contributed by atoms with Crippen LogP contribution >= 0.6 is 15.9 Å². The van der Waals surface area contributed by atoms with Gasteiger partial charge < -0.3 is 5.32 Å². The first-order valence-corrected chi connectivity index (χ1v) is 7.36. The zero-order valence-corrected chi connectivity index (χ0v) is 13.2. The van der Waals surface area contributed by atoms with Crippen molar-refractivity contribution in [1.82, 2.24) is 15.1 Å². The van der Waals surface area contributed by atoms with Crippen LogP contribution in [0.5, 0.6) is 0 Å². The van der Waals surface area contributed by atoms with Crippen molar-refractivity contribution in [2.24, 2.45) is 0 Å². The molecule has 5 heteroatoms. The summed E-state index contributed by atoms with van der Waals surface area (Å²) >= 11 is 3.58. The van der Waals surface area contributed by atoms with Gasteiger partial charge in [-0.25, -0.2) is 0 Å². The summed E-state index contributed by atoms with van der Waals surface area (Å²) < 4.78 is 3.07. The van der Waals surface area contributed by atoms with Gasteiger partial charge in [-0.05, 0) is 47.5 Å². The van der Waals surface area contributed by atoms with Crippen LogP contribution in [-0.4, -0.2) is 9.78 Å². The molecular formula is C15H17BrN4. The molecule has 0 bridgehead atoms. The van der Waals surface area contributed by atoms with E-state index in [9.17, 15) is 0 Å². The predicted molar refractivity (Wildman–Crippen MR) is 82.0 cm³/mol. The quantitative estimate of drug-likeness (QED) is 0.915. The Morgan fingerprint density at radius 1 is 1.40 bits per heavy atom. The number of hydrogen-bond acceptors (Lipinski definition) is 3. The van der Waals surface area contributed by atoms with Crippen LogP contribution in [0, 0.1) is 18.3 Å². The van der Waals surface area contributed by atoms with Gasteiger partial charge in [0.15, 0.2) is 0 Å². The Hall–Kier alpha value is -1.64. The molecule has 1 aromatic carbocycles. The van der Waals surface area contributed by atoms with Crippen molar-refractivity contribution in [2.45, 2.75) is 33.5 Å². The van der Waals surface area contributed by atoms with Crippen LogP contribution in [0.3, 0.4) is 0 Å². The fraction of sp³-hybridized carbons (Fsp3) is 0.333. The van der Waals surface area contributed by atoms with Crippen LogP contribution in [0.4, 0.5) is 0 Å². The molecule has 20 heavy (non-hydrogen) atoms. The van der Waals surface area contributed by atoms with E-state index >= 15 is 0 Å². The fourth-order valence-corrected chi connectivity index (χ4v) is 2.54. The third-order valence-electron chi connectivity index (χ3n) is 3.13. The standard InChI is InChI=1S/C15H17BrN4/c1-3-20-14(15(16)11(2)19-20)10-18-9-13-6-4-5-12(7-13)8-17/h4-7,18H,3,9-10H2,1-2H3. The molecule has 0 aliphatic rings. The molecule has 1 aromatic heterocycles. The van der Waals surface area contributed by atoms with E-state index in [4.69, 9.17) is 5.26 Å². The van der Waals surface area contributed by atoms with E-state index in [-0.39, 0.29) is 0 Å². The van der Waals surface area contributed by atoms with Gasteiger partial charge in [0.05, 0.1) is 27.5 Å². The van der Waals surface area contributed by atoms with Gasteiger partial charge in [0.2, 0.25) is 0 Å². The minimum atomic E-state index is 0.694. The highest BCUT2D eigenvalue weighted by atomic mass is 79.9. The van der Waals surface area contributed by atoms with E-state index in [1.807, 2.05) is 35.9 Å². The zero-order valence-electron chi connectivity index (χ0n) is 11.7. The third-order valence-corrected chi connectivity index (χ3v) is 4.16. The van der Waals surface area contributed by atoms with Crippen molar-refractivity contribution in [1.29, 1.82) is 5.26 Å². The normalized spacial score (nSPS) is 10.5. The van der Waals surface area contributed by atoms with Crippen LogP contribution in [0.2, 0.25) is 0 Å². The number of aryl methyl sites for hydroxylation is 2. The van der Waals surface area contributed by atoms with Gasteiger partial charge in [-0.3, -0.25) is 4.68 Å². The van der Waals surface area contributed by atoms with E-state index in [1.54, 1.807) is 0 Å². The van der Waals surface area contributed by atoms with Crippen LogP contribution in [0.25, 0.3) is 0 Å². The second-order valence-electron chi connectivity index (χ2n) is 4.58. The Kier molecular flexibility index (Phi) is 4.94. The van der Waals surface area contributed by atoms with Gasteiger partial charge in [-0.15, -0.1) is 0 Å². The van der Waals surface area contributed by atoms with Crippen molar-refractivity contribution in [2.75, 3.05) is 0 Å². The van der Waals surface area contributed by atoms with E-state index in [2.05, 4.69) is 39.3 Å². The lowest BCUT2D eigenvalue weighted by Gasteiger charge is -2.08. The van der Waals surface area contributed by atoms with Gasteiger partial charge in [-0.2, -0.15) is 10.4 Å². The molecule has 0 saturated heterocycles. The average Bonchev–Trinajstić information content (AvgIpc) is 2.75. The molecule has 0 atom stereocenters. The summed E-state index contributed by atoms with van der Waals surface area (Å²) in [6, 6.07) is 9.81. The first-order valence-electron chi connectivity index (χ1n) is 6.57. The van der Waals surface area contributed by atoms with Crippen molar-refractivity contribution >= 4 is 15.9 Å². The van der Waals surface area contributed by atoms with Gasteiger partial charge >= 0.3 is 0 Å². The van der Waals surface area contributed by atoms with Gasteiger partial charge in [-0.1, -0.05) is 12.1 Å². The summed E-state index contributed by atoms with van der Waals surface area (Å²) in [6.07, 6.45) is 0. The van der Waals surface area contributed by atoms with E-state index < -0.39 is 0 Å². The Bertz CT molecular complexity index is 640.